The summed E-state index contributed by atoms with van der Waals surface area (Å²) >= 11 is 0. The van der Waals surface area contributed by atoms with Crippen LogP contribution in [0.4, 0.5) is 0 Å². The van der Waals surface area contributed by atoms with E-state index in [1.807, 2.05) is 6.08 Å². The summed E-state index contributed by atoms with van der Waals surface area (Å²) in [5.41, 5.74) is 0. The van der Waals surface area contributed by atoms with Gasteiger partial charge in [0.05, 0.1) is 0 Å². The molecule has 0 aliphatic heterocycles. The first-order valence-electron chi connectivity index (χ1n) is 5.87. The Hall–Kier alpha value is -0.590. The average Bonchev–Trinajstić information content (AvgIpc) is 2.21. The van der Waals surface area contributed by atoms with Gasteiger partial charge in [-0.15, -0.1) is 6.58 Å². The molecule has 16 heavy (non-hydrogen) atoms. The first kappa shape index (κ1) is 24.6. The van der Waals surface area contributed by atoms with Crippen LogP contribution in [0.2, 0.25) is 0 Å². The molecule has 0 aromatic heterocycles. The molecular weight excluding hydrogens is 196 g/mol. The van der Waals surface area contributed by atoms with Crippen LogP contribution in [0.25, 0.3) is 0 Å². The summed E-state index contributed by atoms with van der Waals surface area (Å²) in [5.74, 6) is 0. The van der Waals surface area contributed by atoms with Gasteiger partial charge in [0, 0.05) is 6.42 Å². The third-order valence-corrected chi connectivity index (χ3v) is 1.94. The molecule has 1 nitrogen and oxygen atoms in total. The highest BCUT2D eigenvalue weighted by atomic mass is 16.1. The van der Waals surface area contributed by atoms with Gasteiger partial charge in [-0.25, -0.2) is 0 Å². The van der Waals surface area contributed by atoms with Gasteiger partial charge in [-0.3, -0.25) is 0 Å². The maximum absolute atomic E-state index is 9.65. The predicted molar refractivity (Wildman–Crippen MR) is 78.0 cm³/mol. The Morgan fingerprint density at radius 2 is 1.38 bits per heavy atom. The van der Waals surface area contributed by atoms with Gasteiger partial charge in [0.25, 0.3) is 0 Å². The fourth-order valence-electron chi connectivity index (χ4n) is 1.02. The van der Waals surface area contributed by atoms with Crippen LogP contribution in [-0.4, -0.2) is 6.29 Å². The van der Waals surface area contributed by atoms with Gasteiger partial charge < -0.3 is 4.79 Å². The highest BCUT2D eigenvalue weighted by Crippen LogP contribution is 2.00. The third kappa shape index (κ3) is 37.6. The summed E-state index contributed by atoms with van der Waals surface area (Å²) < 4.78 is 0. The number of hydrogen-bond donors (Lipinski definition) is 0. The summed E-state index contributed by atoms with van der Waals surface area (Å²) in [6.45, 7) is 8.01. The molecule has 0 spiro atoms. The highest BCUT2D eigenvalue weighted by molar-refractivity contribution is 5.48. The maximum atomic E-state index is 9.65. The molecule has 0 aliphatic carbocycles. The van der Waals surface area contributed by atoms with E-state index in [0.29, 0.717) is 6.42 Å². The number of hydrogen-bond acceptors (Lipinski definition) is 1. The van der Waals surface area contributed by atoms with Crippen LogP contribution in [0.3, 0.4) is 0 Å². The van der Waals surface area contributed by atoms with Crippen molar-refractivity contribution in [2.24, 2.45) is 0 Å². The van der Waals surface area contributed by atoms with E-state index >= 15 is 0 Å². The van der Waals surface area contributed by atoms with Crippen molar-refractivity contribution in [3.05, 3.63) is 12.7 Å². The number of rotatable bonds is 8. The molecule has 100 valence electrons. The minimum absolute atomic E-state index is 0. The zero-order chi connectivity index (χ0) is 11.1. The van der Waals surface area contributed by atoms with Crippen LogP contribution in [0.5, 0.6) is 0 Å². The lowest BCUT2D eigenvalue weighted by molar-refractivity contribution is -0.107. The summed E-state index contributed by atoms with van der Waals surface area (Å²) in [4.78, 5) is 9.65. The smallest absolute Gasteiger partial charge is 0.120 e. The van der Waals surface area contributed by atoms with Crippen LogP contribution in [0.15, 0.2) is 12.7 Å². The molecule has 0 fully saturated rings. The Bertz CT molecular complexity index is 96.0. The zero-order valence-electron chi connectivity index (χ0n) is 9.93. The van der Waals surface area contributed by atoms with Crippen LogP contribution < -0.4 is 0 Å². The first-order chi connectivity index (χ1) is 6.83. The van der Waals surface area contributed by atoms with Crippen LogP contribution >= 0.6 is 0 Å². The molecule has 0 aromatic carbocycles. The number of unbranched alkanes of at least 4 members (excludes halogenated alkanes) is 6. The van der Waals surface area contributed by atoms with E-state index < -0.39 is 0 Å². The molecule has 0 atom stereocenters. The first-order valence-corrected chi connectivity index (χ1v) is 5.87. The van der Waals surface area contributed by atoms with Crippen molar-refractivity contribution >= 4 is 6.29 Å². The Balaban J connectivity index is -0.0000000800. The fraction of sp³-hybridized carbons (Fsp3) is 0.800. The van der Waals surface area contributed by atoms with Crippen molar-refractivity contribution < 1.29 is 4.79 Å². The molecule has 0 amide bonds. The monoisotopic (exact) mass is 230 g/mol. The molecular formula is C15H34O. The predicted octanol–water partition coefficient (Wildman–Crippen LogP) is 5.79. The van der Waals surface area contributed by atoms with Crippen molar-refractivity contribution in [2.45, 2.75) is 80.1 Å². The Kier molecular flexibility index (Phi) is 45.0. The van der Waals surface area contributed by atoms with Crippen LogP contribution in [-0.2, 0) is 4.79 Å². The lowest BCUT2D eigenvalue weighted by Crippen LogP contribution is -1.71. The van der Waals surface area contributed by atoms with Crippen LogP contribution in [0.1, 0.15) is 80.1 Å². The quantitative estimate of drug-likeness (QED) is 0.293. The van der Waals surface area contributed by atoms with E-state index in [9.17, 15) is 4.79 Å². The maximum Gasteiger partial charge on any atom is 0.120 e. The number of carbonyl (C=O) groups is 1. The van der Waals surface area contributed by atoms with Crippen molar-refractivity contribution in [3.63, 3.8) is 0 Å². The molecule has 0 aromatic rings. The van der Waals surface area contributed by atoms with Gasteiger partial charge in [-0.2, -0.15) is 0 Å². The van der Waals surface area contributed by atoms with Gasteiger partial charge in [-0.05, 0) is 12.8 Å². The van der Waals surface area contributed by atoms with Gasteiger partial charge in [0.1, 0.15) is 6.29 Å². The van der Waals surface area contributed by atoms with Crippen molar-refractivity contribution in [1.29, 1.82) is 0 Å². The minimum atomic E-state index is 0. The standard InChI is InChI=1S/C7H16.C6H10O.2CH4/c1-3-5-7-6-4-2;1-2-3-4-5-6-7;;/h3-7H2,1-2H3;2,6H,1,3-5H2;2*1H4. The van der Waals surface area contributed by atoms with E-state index in [2.05, 4.69) is 20.4 Å². The molecule has 0 saturated carbocycles. The van der Waals surface area contributed by atoms with Gasteiger partial charge in [0.15, 0.2) is 0 Å². The van der Waals surface area contributed by atoms with Crippen molar-refractivity contribution in [1.82, 2.24) is 0 Å². The molecule has 0 N–H and O–H groups in total. The number of allylic oxidation sites excluding steroid dienone is 1. The molecule has 0 heterocycles. The van der Waals surface area contributed by atoms with Crippen molar-refractivity contribution in [2.75, 3.05) is 0 Å². The molecule has 0 unspecified atom stereocenters. The van der Waals surface area contributed by atoms with E-state index in [4.69, 9.17) is 0 Å². The SMILES string of the molecule is C.C.C=CCCCC=O.CCCCCCC. The van der Waals surface area contributed by atoms with Crippen molar-refractivity contribution in [3.8, 4) is 0 Å². The summed E-state index contributed by atoms with van der Waals surface area (Å²) in [6.07, 6.45) is 12.3. The van der Waals surface area contributed by atoms with E-state index in [-0.39, 0.29) is 14.9 Å². The number of carbonyl (C=O) groups excluding carboxylic acids is 1. The Labute approximate surface area is 104 Å². The topological polar surface area (TPSA) is 17.1 Å². The Morgan fingerprint density at radius 1 is 0.875 bits per heavy atom. The van der Waals surface area contributed by atoms with Gasteiger partial charge in [0.2, 0.25) is 0 Å². The lowest BCUT2D eigenvalue weighted by atomic mass is 10.2. The molecule has 0 bridgehead atoms. The number of aldehydes is 1. The second-order valence-electron chi connectivity index (χ2n) is 3.45. The van der Waals surface area contributed by atoms with E-state index in [1.54, 1.807) is 0 Å². The third-order valence-electron chi connectivity index (χ3n) is 1.94. The average molecular weight is 230 g/mol. The summed E-state index contributed by atoms with van der Waals surface area (Å²) in [7, 11) is 0. The van der Waals surface area contributed by atoms with E-state index in [1.165, 1.54) is 32.1 Å². The second-order valence-corrected chi connectivity index (χ2v) is 3.45. The lowest BCUT2D eigenvalue weighted by Gasteiger charge is -1.90. The normalized spacial score (nSPS) is 7.62. The van der Waals surface area contributed by atoms with Gasteiger partial charge in [-0.1, -0.05) is 66.9 Å². The van der Waals surface area contributed by atoms with Crippen LogP contribution in [0, 0.1) is 0 Å². The molecule has 0 radical (unpaired) electrons. The molecule has 0 rings (SSSR count). The molecule has 0 aliphatic rings. The summed E-state index contributed by atoms with van der Waals surface area (Å²) in [6, 6.07) is 0. The Morgan fingerprint density at radius 3 is 1.69 bits per heavy atom. The fourth-order valence-corrected chi connectivity index (χ4v) is 1.02. The summed E-state index contributed by atoms with van der Waals surface area (Å²) in [5, 5.41) is 0. The minimum Gasteiger partial charge on any atom is -0.303 e. The van der Waals surface area contributed by atoms with Gasteiger partial charge >= 0.3 is 0 Å². The second kappa shape index (κ2) is 29.3. The molecule has 1 heteroatoms. The highest BCUT2D eigenvalue weighted by Gasteiger charge is 1.80. The zero-order valence-corrected chi connectivity index (χ0v) is 9.93. The largest absolute Gasteiger partial charge is 0.303 e. The van der Waals surface area contributed by atoms with E-state index in [0.717, 1.165) is 19.1 Å². The molecule has 0 saturated heterocycles.